The van der Waals surface area contributed by atoms with E-state index in [1.54, 1.807) is 62.4 Å². The van der Waals surface area contributed by atoms with Crippen molar-refractivity contribution in [2.45, 2.75) is 20.3 Å². The molecule has 0 saturated carbocycles. The van der Waals surface area contributed by atoms with E-state index in [9.17, 15) is 19.2 Å². The van der Waals surface area contributed by atoms with E-state index in [4.69, 9.17) is 0 Å². The lowest BCUT2D eigenvalue weighted by atomic mass is 9.77. The molecule has 0 heterocycles. The van der Waals surface area contributed by atoms with Crippen LogP contribution in [0.5, 0.6) is 0 Å². The SMILES string of the molecule is CC1=C(CC2=C(C)C(=O)c3ccccc3C2=O)C(=O)c2ccccc2C1=O. The highest BCUT2D eigenvalue weighted by molar-refractivity contribution is 6.29. The smallest absolute Gasteiger partial charge is 0.190 e. The number of hydrogen-bond donors (Lipinski definition) is 0. The lowest BCUT2D eigenvalue weighted by Crippen LogP contribution is -2.25. The third-order valence-corrected chi connectivity index (χ3v) is 5.32. The van der Waals surface area contributed by atoms with Gasteiger partial charge in [0.15, 0.2) is 23.1 Å². The van der Waals surface area contributed by atoms with E-state index in [0.717, 1.165) is 0 Å². The Bertz CT molecular complexity index is 1040. The van der Waals surface area contributed by atoms with Crippen molar-refractivity contribution in [2.75, 3.05) is 0 Å². The minimum absolute atomic E-state index is 0.0184. The van der Waals surface area contributed by atoms with Gasteiger partial charge in [0, 0.05) is 51.0 Å². The molecule has 0 N–H and O–H groups in total. The molecule has 0 aliphatic heterocycles. The molecule has 2 aromatic carbocycles. The molecule has 2 aromatic rings. The number of ketones is 4. The molecule has 0 atom stereocenters. The molecule has 27 heavy (non-hydrogen) atoms. The van der Waals surface area contributed by atoms with Gasteiger partial charge in [0.25, 0.3) is 0 Å². The number of Topliss-reactive ketones (excluding diaryl/α,β-unsaturated/α-hetero) is 4. The number of hydrogen-bond acceptors (Lipinski definition) is 4. The highest BCUT2D eigenvalue weighted by Gasteiger charge is 2.34. The van der Waals surface area contributed by atoms with Crippen molar-refractivity contribution >= 4 is 23.1 Å². The monoisotopic (exact) mass is 356 g/mol. The summed E-state index contributed by atoms with van der Waals surface area (Å²) in [6, 6.07) is 13.3. The molecule has 0 saturated heterocycles. The van der Waals surface area contributed by atoms with Gasteiger partial charge in [-0.3, -0.25) is 19.2 Å². The van der Waals surface area contributed by atoms with Crippen molar-refractivity contribution in [3.05, 3.63) is 93.1 Å². The van der Waals surface area contributed by atoms with Crippen LogP contribution in [0.1, 0.15) is 61.7 Å². The van der Waals surface area contributed by atoms with Gasteiger partial charge in [-0.25, -0.2) is 0 Å². The first kappa shape index (κ1) is 17.0. The fourth-order valence-corrected chi connectivity index (χ4v) is 3.70. The van der Waals surface area contributed by atoms with Crippen molar-refractivity contribution in [1.82, 2.24) is 0 Å². The lowest BCUT2D eigenvalue weighted by molar-refractivity contribution is 0.0961. The number of carbonyl (C=O) groups excluding carboxylic acids is 4. The standard InChI is InChI=1S/C23H16O4/c1-12-18(22(26)16-9-5-3-7-14(16)20(12)24)11-19-13(2)21(25)15-8-4-6-10-17(15)23(19)27/h3-10H,11H2,1-2H3. The molecule has 4 nitrogen and oxygen atoms in total. The minimum atomic E-state index is -0.262. The number of carbonyl (C=O) groups is 4. The van der Waals surface area contributed by atoms with Crippen LogP contribution in [-0.4, -0.2) is 23.1 Å². The molecule has 0 unspecified atom stereocenters. The maximum atomic E-state index is 13.0. The summed E-state index contributed by atoms with van der Waals surface area (Å²) >= 11 is 0. The molecule has 4 heteroatoms. The summed E-state index contributed by atoms with van der Waals surface area (Å²) in [6.45, 7) is 3.20. The summed E-state index contributed by atoms with van der Waals surface area (Å²) in [7, 11) is 0. The zero-order valence-electron chi connectivity index (χ0n) is 15.0. The summed E-state index contributed by atoms with van der Waals surface area (Å²) in [4.78, 5) is 51.2. The van der Waals surface area contributed by atoms with E-state index in [0.29, 0.717) is 33.4 Å². The average molecular weight is 356 g/mol. The van der Waals surface area contributed by atoms with Crippen LogP contribution in [0.15, 0.2) is 70.8 Å². The Morgan fingerprint density at radius 2 is 0.815 bits per heavy atom. The van der Waals surface area contributed by atoms with Gasteiger partial charge in [0.05, 0.1) is 0 Å². The topological polar surface area (TPSA) is 68.3 Å². The number of rotatable bonds is 2. The minimum Gasteiger partial charge on any atom is -0.289 e. The Balaban J connectivity index is 1.81. The van der Waals surface area contributed by atoms with Gasteiger partial charge in [-0.05, 0) is 13.8 Å². The van der Waals surface area contributed by atoms with Crippen molar-refractivity contribution in [3.63, 3.8) is 0 Å². The predicted octanol–water partition coefficient (Wildman–Crippen LogP) is 4.17. The fourth-order valence-electron chi connectivity index (χ4n) is 3.70. The van der Waals surface area contributed by atoms with Crippen LogP contribution in [0.25, 0.3) is 0 Å². The normalized spacial score (nSPS) is 16.7. The highest BCUT2D eigenvalue weighted by atomic mass is 16.1. The zero-order valence-corrected chi connectivity index (χ0v) is 15.0. The van der Waals surface area contributed by atoms with Gasteiger partial charge in [-0.15, -0.1) is 0 Å². The molecule has 2 aliphatic rings. The van der Waals surface area contributed by atoms with Crippen LogP contribution in [0.4, 0.5) is 0 Å². The summed E-state index contributed by atoms with van der Waals surface area (Å²) in [5, 5.41) is 0. The van der Waals surface area contributed by atoms with Crippen LogP contribution in [0.3, 0.4) is 0 Å². The molecule has 132 valence electrons. The average Bonchev–Trinajstić information content (AvgIpc) is 2.70. The lowest BCUT2D eigenvalue weighted by Gasteiger charge is -2.23. The van der Waals surface area contributed by atoms with E-state index in [-0.39, 0.29) is 40.7 Å². The molecule has 4 rings (SSSR count). The predicted molar refractivity (Wildman–Crippen MR) is 100 cm³/mol. The van der Waals surface area contributed by atoms with Crippen LogP contribution in [0, 0.1) is 0 Å². The van der Waals surface area contributed by atoms with Crippen LogP contribution in [0.2, 0.25) is 0 Å². The van der Waals surface area contributed by atoms with Crippen molar-refractivity contribution in [3.8, 4) is 0 Å². The van der Waals surface area contributed by atoms with Gasteiger partial charge < -0.3 is 0 Å². The second-order valence-electron chi connectivity index (χ2n) is 6.79. The summed E-state index contributed by atoms with van der Waals surface area (Å²) in [5.41, 5.74) is 2.68. The van der Waals surface area contributed by atoms with Gasteiger partial charge in [-0.2, -0.15) is 0 Å². The van der Waals surface area contributed by atoms with E-state index in [1.807, 2.05) is 0 Å². The molecule has 0 spiro atoms. The Labute approximate surface area is 156 Å². The summed E-state index contributed by atoms with van der Waals surface area (Å²) in [6.07, 6.45) is -0.0184. The second-order valence-corrected chi connectivity index (χ2v) is 6.79. The first-order chi connectivity index (χ1) is 12.9. The first-order valence-electron chi connectivity index (χ1n) is 8.68. The number of benzene rings is 2. The molecule has 0 fully saturated rings. The highest BCUT2D eigenvalue weighted by Crippen LogP contribution is 2.34. The largest absolute Gasteiger partial charge is 0.289 e. The third-order valence-electron chi connectivity index (χ3n) is 5.32. The van der Waals surface area contributed by atoms with Gasteiger partial charge in [-0.1, -0.05) is 48.5 Å². The Morgan fingerprint density at radius 3 is 1.15 bits per heavy atom. The van der Waals surface area contributed by atoms with Crippen LogP contribution in [-0.2, 0) is 0 Å². The molecule has 0 bridgehead atoms. The Hall–Kier alpha value is -3.40. The van der Waals surface area contributed by atoms with Gasteiger partial charge >= 0.3 is 0 Å². The first-order valence-corrected chi connectivity index (χ1v) is 8.68. The molecular weight excluding hydrogens is 340 g/mol. The second kappa shape index (κ2) is 6.09. The summed E-state index contributed by atoms with van der Waals surface area (Å²) in [5.74, 6) is -0.953. The maximum Gasteiger partial charge on any atom is 0.190 e. The van der Waals surface area contributed by atoms with E-state index in [2.05, 4.69) is 0 Å². The molecule has 2 aliphatic carbocycles. The van der Waals surface area contributed by atoms with Crippen molar-refractivity contribution < 1.29 is 19.2 Å². The van der Waals surface area contributed by atoms with E-state index < -0.39 is 0 Å². The van der Waals surface area contributed by atoms with Gasteiger partial charge in [0.1, 0.15) is 0 Å². The van der Waals surface area contributed by atoms with Gasteiger partial charge in [0.2, 0.25) is 0 Å². The van der Waals surface area contributed by atoms with E-state index in [1.165, 1.54) is 0 Å². The summed E-state index contributed by atoms with van der Waals surface area (Å²) < 4.78 is 0. The molecule has 0 radical (unpaired) electrons. The quantitative estimate of drug-likeness (QED) is 0.810. The zero-order chi connectivity index (χ0) is 19.3. The number of allylic oxidation sites excluding steroid dienone is 4. The molecule has 0 amide bonds. The van der Waals surface area contributed by atoms with Crippen molar-refractivity contribution in [1.29, 1.82) is 0 Å². The van der Waals surface area contributed by atoms with E-state index >= 15 is 0 Å². The Kier molecular flexibility index (Phi) is 3.84. The molecule has 0 aromatic heterocycles. The van der Waals surface area contributed by atoms with Crippen LogP contribution < -0.4 is 0 Å². The Morgan fingerprint density at radius 1 is 0.519 bits per heavy atom. The maximum absolute atomic E-state index is 13.0. The third kappa shape index (κ3) is 2.45. The molecular formula is C23H16O4. The van der Waals surface area contributed by atoms with Crippen LogP contribution >= 0.6 is 0 Å². The van der Waals surface area contributed by atoms with Crippen molar-refractivity contribution in [2.24, 2.45) is 0 Å². The fraction of sp³-hybridized carbons (Fsp3) is 0.130. The number of fused-ring (bicyclic) bond motifs is 2.